The summed E-state index contributed by atoms with van der Waals surface area (Å²) in [6.07, 6.45) is 2.65. The molecule has 0 atom stereocenters. The van der Waals surface area contributed by atoms with E-state index in [1.165, 1.54) is 0 Å². The lowest BCUT2D eigenvalue weighted by atomic mass is 9.93. The van der Waals surface area contributed by atoms with Gasteiger partial charge in [-0.2, -0.15) is 4.98 Å². The van der Waals surface area contributed by atoms with Crippen LogP contribution in [-0.2, 0) is 11.3 Å². The number of piperidine rings is 1. The van der Waals surface area contributed by atoms with E-state index < -0.39 is 0 Å². The number of nitrogens with zero attached hydrogens (tertiary/aromatic N) is 3. The van der Waals surface area contributed by atoms with Gasteiger partial charge < -0.3 is 9.84 Å². The van der Waals surface area contributed by atoms with E-state index in [1.54, 1.807) is 0 Å². The Morgan fingerprint density at radius 3 is 2.59 bits per heavy atom. The molecule has 0 unspecified atom stereocenters. The van der Waals surface area contributed by atoms with E-state index in [2.05, 4.69) is 57.1 Å². The second-order valence-electron chi connectivity index (χ2n) is 7.80. The second kappa shape index (κ2) is 8.52. The topological polar surface area (TPSA) is 71.3 Å². The standard InChI is InChI=1S/C20H27BrN4O2/c1-4-20(2,3)23-19(26)15-9-11-25(12-10-15)13-17-22-18(24-27-17)14-5-7-16(21)8-6-14/h5-8,15H,4,9-13H2,1-3H3,(H,23,26). The van der Waals surface area contributed by atoms with Gasteiger partial charge >= 0.3 is 0 Å². The lowest BCUT2D eigenvalue weighted by molar-refractivity contribution is -0.128. The van der Waals surface area contributed by atoms with Gasteiger partial charge in [0.05, 0.1) is 6.54 Å². The first-order chi connectivity index (χ1) is 12.9. The van der Waals surface area contributed by atoms with Crippen LogP contribution in [-0.4, -0.2) is 39.6 Å². The molecule has 0 radical (unpaired) electrons. The van der Waals surface area contributed by atoms with Gasteiger partial charge in [-0.1, -0.05) is 28.0 Å². The summed E-state index contributed by atoms with van der Waals surface area (Å²) in [5.41, 5.74) is 0.795. The van der Waals surface area contributed by atoms with Crippen molar-refractivity contribution in [2.45, 2.75) is 52.1 Å². The van der Waals surface area contributed by atoms with Crippen LogP contribution in [0.2, 0.25) is 0 Å². The van der Waals surface area contributed by atoms with Crippen LogP contribution >= 0.6 is 15.9 Å². The maximum absolute atomic E-state index is 12.4. The highest BCUT2D eigenvalue weighted by molar-refractivity contribution is 9.10. The van der Waals surface area contributed by atoms with E-state index in [-0.39, 0.29) is 17.4 Å². The van der Waals surface area contributed by atoms with Crippen molar-refractivity contribution in [1.29, 1.82) is 0 Å². The number of carbonyl (C=O) groups is 1. The molecule has 1 amide bonds. The Hall–Kier alpha value is -1.73. The first-order valence-electron chi connectivity index (χ1n) is 9.49. The monoisotopic (exact) mass is 434 g/mol. The van der Waals surface area contributed by atoms with Gasteiger partial charge in [0.1, 0.15) is 0 Å². The summed E-state index contributed by atoms with van der Waals surface area (Å²) in [5, 5.41) is 7.25. The first-order valence-corrected chi connectivity index (χ1v) is 10.3. The maximum atomic E-state index is 12.4. The highest BCUT2D eigenvalue weighted by Crippen LogP contribution is 2.22. The molecule has 2 aromatic rings. The van der Waals surface area contributed by atoms with Crippen molar-refractivity contribution in [1.82, 2.24) is 20.4 Å². The zero-order valence-corrected chi connectivity index (χ0v) is 17.8. The number of likely N-dealkylation sites (tertiary alicyclic amines) is 1. The summed E-state index contributed by atoms with van der Waals surface area (Å²) in [6, 6.07) is 7.84. The molecular formula is C20H27BrN4O2. The second-order valence-corrected chi connectivity index (χ2v) is 8.71. The Labute approximate surface area is 168 Å². The highest BCUT2D eigenvalue weighted by atomic mass is 79.9. The molecule has 1 N–H and O–H groups in total. The van der Waals surface area contributed by atoms with Crippen LogP contribution in [0, 0.1) is 5.92 Å². The Kier molecular flexibility index (Phi) is 6.32. The molecule has 0 aliphatic carbocycles. The fraction of sp³-hybridized carbons (Fsp3) is 0.550. The summed E-state index contributed by atoms with van der Waals surface area (Å²) >= 11 is 3.42. The average molecular weight is 435 g/mol. The molecule has 146 valence electrons. The van der Waals surface area contributed by atoms with E-state index >= 15 is 0 Å². The number of amides is 1. The number of carbonyl (C=O) groups excluding carboxylic acids is 1. The third-order valence-electron chi connectivity index (χ3n) is 5.23. The smallest absolute Gasteiger partial charge is 0.241 e. The normalized spacial score (nSPS) is 16.4. The fourth-order valence-electron chi connectivity index (χ4n) is 3.10. The van der Waals surface area contributed by atoms with Gasteiger partial charge in [-0.25, -0.2) is 0 Å². The quantitative estimate of drug-likeness (QED) is 0.742. The number of rotatable bonds is 6. The predicted molar refractivity (Wildman–Crippen MR) is 108 cm³/mol. The third kappa shape index (κ3) is 5.39. The molecular weight excluding hydrogens is 408 g/mol. The minimum absolute atomic E-state index is 0.0908. The van der Waals surface area contributed by atoms with Crippen LogP contribution in [0.3, 0.4) is 0 Å². The molecule has 0 bridgehead atoms. The Morgan fingerprint density at radius 2 is 1.96 bits per heavy atom. The molecule has 6 nitrogen and oxygen atoms in total. The van der Waals surface area contributed by atoms with Crippen LogP contribution in [0.25, 0.3) is 11.4 Å². The summed E-state index contributed by atoms with van der Waals surface area (Å²) in [5.74, 6) is 1.49. The van der Waals surface area contributed by atoms with Crippen molar-refractivity contribution in [2.75, 3.05) is 13.1 Å². The molecule has 1 aromatic carbocycles. The lowest BCUT2D eigenvalue weighted by Gasteiger charge is -2.33. The molecule has 27 heavy (non-hydrogen) atoms. The Bertz CT molecular complexity index is 765. The van der Waals surface area contributed by atoms with Crippen LogP contribution in [0.5, 0.6) is 0 Å². The third-order valence-corrected chi connectivity index (χ3v) is 5.76. The number of nitrogens with one attached hydrogen (secondary N) is 1. The van der Waals surface area contributed by atoms with E-state index in [0.717, 1.165) is 42.4 Å². The molecule has 2 heterocycles. The van der Waals surface area contributed by atoms with Crippen LogP contribution in [0.1, 0.15) is 45.9 Å². The van der Waals surface area contributed by atoms with Gasteiger partial charge in [-0.3, -0.25) is 9.69 Å². The van der Waals surface area contributed by atoms with Crippen molar-refractivity contribution in [3.05, 3.63) is 34.6 Å². The van der Waals surface area contributed by atoms with Gasteiger partial charge in [0.2, 0.25) is 17.6 Å². The molecule has 7 heteroatoms. The average Bonchev–Trinajstić information content (AvgIpc) is 3.11. The van der Waals surface area contributed by atoms with Crippen molar-refractivity contribution in [3.8, 4) is 11.4 Å². The van der Waals surface area contributed by atoms with Crippen molar-refractivity contribution < 1.29 is 9.32 Å². The van der Waals surface area contributed by atoms with Crippen LogP contribution < -0.4 is 5.32 Å². The predicted octanol–water partition coefficient (Wildman–Crippen LogP) is 4.02. The number of benzene rings is 1. The minimum Gasteiger partial charge on any atom is -0.351 e. The molecule has 1 aliphatic rings. The lowest BCUT2D eigenvalue weighted by Crippen LogP contribution is -2.48. The molecule has 3 rings (SSSR count). The highest BCUT2D eigenvalue weighted by Gasteiger charge is 2.28. The van der Waals surface area contributed by atoms with Gasteiger partial charge in [-0.15, -0.1) is 0 Å². The fourth-order valence-corrected chi connectivity index (χ4v) is 3.37. The Balaban J connectivity index is 1.51. The molecule has 1 aromatic heterocycles. The zero-order chi connectivity index (χ0) is 19.4. The molecule has 0 saturated carbocycles. The van der Waals surface area contributed by atoms with Crippen LogP contribution in [0.4, 0.5) is 0 Å². The van der Waals surface area contributed by atoms with Crippen molar-refractivity contribution in [2.24, 2.45) is 5.92 Å². The number of halogens is 1. The van der Waals surface area contributed by atoms with Gasteiger partial charge in [0.25, 0.3) is 0 Å². The van der Waals surface area contributed by atoms with E-state index in [1.807, 2.05) is 24.3 Å². The summed E-state index contributed by atoms with van der Waals surface area (Å²) < 4.78 is 6.43. The number of hydrogen-bond donors (Lipinski definition) is 1. The summed E-state index contributed by atoms with van der Waals surface area (Å²) in [7, 11) is 0. The molecule has 1 fully saturated rings. The van der Waals surface area contributed by atoms with Crippen molar-refractivity contribution in [3.63, 3.8) is 0 Å². The van der Waals surface area contributed by atoms with Gasteiger partial charge in [0, 0.05) is 21.5 Å². The van der Waals surface area contributed by atoms with E-state index in [9.17, 15) is 4.79 Å². The zero-order valence-electron chi connectivity index (χ0n) is 16.2. The number of aromatic nitrogens is 2. The maximum Gasteiger partial charge on any atom is 0.241 e. The molecule has 0 spiro atoms. The van der Waals surface area contributed by atoms with Crippen molar-refractivity contribution >= 4 is 21.8 Å². The summed E-state index contributed by atoms with van der Waals surface area (Å²) in [4.78, 5) is 19.2. The van der Waals surface area contributed by atoms with Gasteiger partial charge in [-0.05, 0) is 70.5 Å². The van der Waals surface area contributed by atoms with E-state index in [0.29, 0.717) is 18.3 Å². The molecule has 1 aliphatic heterocycles. The SMILES string of the molecule is CCC(C)(C)NC(=O)C1CCN(Cc2nc(-c3ccc(Br)cc3)no2)CC1. The minimum atomic E-state index is -0.137. The largest absolute Gasteiger partial charge is 0.351 e. The Morgan fingerprint density at radius 1 is 1.30 bits per heavy atom. The molecule has 1 saturated heterocycles. The number of hydrogen-bond acceptors (Lipinski definition) is 5. The van der Waals surface area contributed by atoms with Gasteiger partial charge in [0.15, 0.2) is 0 Å². The van der Waals surface area contributed by atoms with Crippen LogP contribution in [0.15, 0.2) is 33.3 Å². The van der Waals surface area contributed by atoms with E-state index in [4.69, 9.17) is 4.52 Å². The summed E-state index contributed by atoms with van der Waals surface area (Å²) in [6.45, 7) is 8.58. The first kappa shape index (κ1) is 20.0.